The Morgan fingerprint density at radius 1 is 1.27 bits per heavy atom. The number of nitrogens with zero attached hydrogens (tertiary/aromatic N) is 1. The maximum atomic E-state index is 10.8. The molecule has 0 unspecified atom stereocenters. The van der Waals surface area contributed by atoms with Crippen molar-refractivity contribution >= 4 is 0 Å². The van der Waals surface area contributed by atoms with E-state index in [2.05, 4.69) is 12.1 Å². The first-order valence-corrected chi connectivity index (χ1v) is 6.23. The van der Waals surface area contributed by atoms with Gasteiger partial charge < -0.3 is 5.11 Å². The quantitative estimate of drug-likeness (QED) is 0.727. The molecule has 1 N–H and O–H groups in total. The molecule has 0 saturated heterocycles. The van der Waals surface area contributed by atoms with Crippen LogP contribution in [0.1, 0.15) is 58.3 Å². The highest BCUT2D eigenvalue weighted by molar-refractivity contribution is 5.16. The van der Waals surface area contributed by atoms with E-state index in [1.54, 1.807) is 0 Å². The van der Waals surface area contributed by atoms with Crippen molar-refractivity contribution in [1.82, 2.24) is 0 Å². The van der Waals surface area contributed by atoms with Gasteiger partial charge in [0, 0.05) is 0 Å². The van der Waals surface area contributed by atoms with Crippen molar-refractivity contribution in [2.24, 2.45) is 11.1 Å². The van der Waals surface area contributed by atoms with Gasteiger partial charge in [-0.25, -0.2) is 0 Å². The lowest BCUT2D eigenvalue weighted by atomic mass is 9.73. The molecule has 0 aliphatic heterocycles. The molecule has 2 saturated carbocycles. The molecule has 15 heavy (non-hydrogen) atoms. The molecule has 0 aromatic carbocycles. The molecule has 0 atom stereocenters. The van der Waals surface area contributed by atoms with E-state index in [9.17, 15) is 10.0 Å². The topological polar surface area (TPSA) is 49.7 Å². The minimum Gasteiger partial charge on any atom is -0.387 e. The number of nitroso groups, excluding NO2 is 1. The van der Waals surface area contributed by atoms with Crippen LogP contribution < -0.4 is 0 Å². The predicted molar refractivity (Wildman–Crippen MR) is 59.6 cm³/mol. The van der Waals surface area contributed by atoms with Crippen molar-refractivity contribution < 1.29 is 5.11 Å². The summed E-state index contributed by atoms with van der Waals surface area (Å²) in [6, 6.07) is 0. The van der Waals surface area contributed by atoms with Gasteiger partial charge in [-0.3, -0.25) is 0 Å². The zero-order chi connectivity index (χ0) is 10.9. The monoisotopic (exact) mass is 211 g/mol. The molecule has 0 radical (unpaired) electrons. The third-order valence-electron chi connectivity index (χ3n) is 4.39. The van der Waals surface area contributed by atoms with Gasteiger partial charge in [0.25, 0.3) is 0 Å². The van der Waals surface area contributed by atoms with Crippen molar-refractivity contribution in [3.63, 3.8) is 0 Å². The SMILES string of the molecule is CCCC1CCC(O)(C2(N=O)CC2)CC1. The Hall–Kier alpha value is -0.440. The summed E-state index contributed by atoms with van der Waals surface area (Å²) in [5, 5.41) is 13.7. The van der Waals surface area contributed by atoms with E-state index < -0.39 is 11.1 Å². The fourth-order valence-electron chi connectivity index (χ4n) is 3.08. The summed E-state index contributed by atoms with van der Waals surface area (Å²) in [5.41, 5.74) is -1.36. The predicted octanol–water partition coefficient (Wildman–Crippen LogP) is 3.01. The molecule has 2 fully saturated rings. The Labute approximate surface area is 91.2 Å². The molecule has 0 aromatic heterocycles. The van der Waals surface area contributed by atoms with Gasteiger partial charge in [-0.2, -0.15) is 4.91 Å². The number of hydrogen-bond donors (Lipinski definition) is 1. The molecule has 0 bridgehead atoms. The van der Waals surface area contributed by atoms with Crippen LogP contribution in [-0.2, 0) is 0 Å². The highest BCUT2D eigenvalue weighted by Gasteiger charge is 2.61. The first kappa shape index (κ1) is 11.1. The van der Waals surface area contributed by atoms with Crippen LogP contribution in [-0.4, -0.2) is 16.2 Å². The van der Waals surface area contributed by atoms with Crippen LogP contribution in [0.2, 0.25) is 0 Å². The summed E-state index contributed by atoms with van der Waals surface area (Å²) < 4.78 is 0. The standard InChI is InChI=1S/C12H21NO2/c1-2-3-10-4-6-12(14,7-5-10)11(13-15)8-9-11/h10,14H,2-9H2,1H3. The molecule has 0 amide bonds. The van der Waals surface area contributed by atoms with Gasteiger partial charge in [0.15, 0.2) is 0 Å². The summed E-state index contributed by atoms with van der Waals surface area (Å²) in [4.78, 5) is 10.8. The van der Waals surface area contributed by atoms with Gasteiger partial charge in [-0.15, -0.1) is 0 Å². The smallest absolute Gasteiger partial charge is 0.131 e. The van der Waals surface area contributed by atoms with E-state index in [-0.39, 0.29) is 0 Å². The fourth-order valence-corrected chi connectivity index (χ4v) is 3.08. The van der Waals surface area contributed by atoms with Crippen LogP contribution in [0.5, 0.6) is 0 Å². The van der Waals surface area contributed by atoms with E-state index in [4.69, 9.17) is 0 Å². The maximum absolute atomic E-state index is 10.8. The first-order valence-electron chi connectivity index (χ1n) is 6.23. The summed E-state index contributed by atoms with van der Waals surface area (Å²) >= 11 is 0. The minimum atomic E-state index is -0.765. The maximum Gasteiger partial charge on any atom is 0.131 e. The van der Waals surface area contributed by atoms with E-state index in [0.717, 1.165) is 44.4 Å². The molecule has 0 aromatic rings. The number of aliphatic hydroxyl groups is 1. The minimum absolute atomic E-state index is 0.593. The van der Waals surface area contributed by atoms with E-state index in [1.165, 1.54) is 12.8 Å². The molecule has 86 valence electrons. The number of rotatable bonds is 4. The van der Waals surface area contributed by atoms with Crippen LogP contribution in [0.4, 0.5) is 0 Å². The molecular formula is C12H21NO2. The number of hydrogen-bond acceptors (Lipinski definition) is 3. The van der Waals surface area contributed by atoms with Crippen molar-refractivity contribution in [3.05, 3.63) is 4.91 Å². The lowest BCUT2D eigenvalue weighted by molar-refractivity contribution is -0.0405. The summed E-state index contributed by atoms with van der Waals surface area (Å²) in [6.45, 7) is 2.20. The fraction of sp³-hybridized carbons (Fsp3) is 1.00. The molecule has 0 spiro atoms. The lowest BCUT2D eigenvalue weighted by Crippen LogP contribution is -2.46. The van der Waals surface area contributed by atoms with Crippen molar-refractivity contribution in [2.45, 2.75) is 69.4 Å². The van der Waals surface area contributed by atoms with Crippen molar-refractivity contribution in [2.75, 3.05) is 0 Å². The second-order valence-electron chi connectivity index (χ2n) is 5.39. The summed E-state index contributed by atoms with van der Waals surface area (Å²) in [6.07, 6.45) is 7.78. The van der Waals surface area contributed by atoms with Gasteiger partial charge in [-0.05, 0) is 44.4 Å². The summed E-state index contributed by atoms with van der Waals surface area (Å²) in [5.74, 6) is 0.762. The molecule has 2 aliphatic rings. The van der Waals surface area contributed by atoms with Gasteiger partial charge in [0.2, 0.25) is 0 Å². The van der Waals surface area contributed by atoms with Crippen LogP contribution in [0.3, 0.4) is 0 Å². The molecule has 2 rings (SSSR count). The van der Waals surface area contributed by atoms with Crippen LogP contribution in [0.25, 0.3) is 0 Å². The molecule has 2 aliphatic carbocycles. The van der Waals surface area contributed by atoms with Crippen LogP contribution in [0, 0.1) is 10.8 Å². The molecule has 3 heteroatoms. The Morgan fingerprint density at radius 3 is 2.27 bits per heavy atom. The zero-order valence-corrected chi connectivity index (χ0v) is 9.54. The van der Waals surface area contributed by atoms with Gasteiger partial charge >= 0.3 is 0 Å². The zero-order valence-electron chi connectivity index (χ0n) is 9.54. The average Bonchev–Trinajstić information content (AvgIpc) is 3.03. The van der Waals surface area contributed by atoms with Gasteiger partial charge in [0.1, 0.15) is 5.54 Å². The average molecular weight is 211 g/mol. The Balaban J connectivity index is 1.94. The highest BCUT2D eigenvalue weighted by atomic mass is 16.3. The third kappa shape index (κ3) is 1.82. The molecule has 0 heterocycles. The third-order valence-corrected chi connectivity index (χ3v) is 4.39. The van der Waals surface area contributed by atoms with Gasteiger partial charge in [0.05, 0.1) is 5.60 Å². The Kier molecular flexibility index (Phi) is 2.84. The van der Waals surface area contributed by atoms with Crippen molar-refractivity contribution in [3.8, 4) is 0 Å². The van der Waals surface area contributed by atoms with E-state index >= 15 is 0 Å². The Morgan fingerprint density at radius 2 is 1.87 bits per heavy atom. The second-order valence-corrected chi connectivity index (χ2v) is 5.39. The molecule has 3 nitrogen and oxygen atoms in total. The molecular weight excluding hydrogens is 190 g/mol. The first-order chi connectivity index (χ1) is 7.16. The normalized spacial score (nSPS) is 38.7. The highest BCUT2D eigenvalue weighted by Crippen LogP contribution is 2.54. The largest absolute Gasteiger partial charge is 0.387 e. The van der Waals surface area contributed by atoms with Gasteiger partial charge in [-0.1, -0.05) is 24.9 Å². The summed E-state index contributed by atoms with van der Waals surface area (Å²) in [7, 11) is 0. The van der Waals surface area contributed by atoms with Crippen LogP contribution in [0.15, 0.2) is 5.18 Å². The lowest BCUT2D eigenvalue weighted by Gasteiger charge is -2.39. The Bertz CT molecular complexity index is 240. The van der Waals surface area contributed by atoms with E-state index in [0.29, 0.717) is 0 Å². The van der Waals surface area contributed by atoms with Crippen molar-refractivity contribution in [1.29, 1.82) is 0 Å². The van der Waals surface area contributed by atoms with Crippen LogP contribution >= 0.6 is 0 Å². The second kappa shape index (κ2) is 3.85. The van der Waals surface area contributed by atoms with E-state index in [1.807, 2.05) is 0 Å².